The van der Waals surface area contributed by atoms with E-state index in [2.05, 4.69) is 4.74 Å². The van der Waals surface area contributed by atoms with Crippen LogP contribution >= 0.6 is 0 Å². The third kappa shape index (κ3) is 3.25. The first kappa shape index (κ1) is 14.7. The molecule has 0 unspecified atom stereocenters. The second-order valence-corrected chi connectivity index (χ2v) is 4.70. The number of carbonyl (C=O) groups is 1. The molecule has 6 heteroatoms. The summed E-state index contributed by atoms with van der Waals surface area (Å²) in [6.07, 6.45) is 0. The highest BCUT2D eigenvalue weighted by atomic mass is 19.3. The van der Waals surface area contributed by atoms with Crippen molar-refractivity contribution in [2.75, 3.05) is 19.8 Å². The molecule has 1 saturated heterocycles. The Morgan fingerprint density at radius 2 is 2.25 bits per heavy atom. The molecule has 0 aliphatic carbocycles. The van der Waals surface area contributed by atoms with E-state index in [9.17, 15) is 13.6 Å². The molecule has 0 aromatic heterocycles. The first-order valence-electron chi connectivity index (χ1n) is 6.39. The molecule has 0 spiro atoms. The Labute approximate surface area is 116 Å². The molecule has 1 aromatic rings. The lowest BCUT2D eigenvalue weighted by atomic mass is 9.99. The molecule has 20 heavy (non-hydrogen) atoms. The number of rotatable bonds is 3. The van der Waals surface area contributed by atoms with Crippen molar-refractivity contribution in [3.8, 4) is 5.75 Å². The zero-order valence-corrected chi connectivity index (χ0v) is 11.4. The van der Waals surface area contributed by atoms with Crippen molar-refractivity contribution in [2.24, 2.45) is 0 Å². The van der Waals surface area contributed by atoms with E-state index in [1.807, 2.05) is 0 Å². The van der Waals surface area contributed by atoms with E-state index in [0.717, 1.165) is 11.1 Å². The van der Waals surface area contributed by atoms with E-state index in [4.69, 9.17) is 4.74 Å². The van der Waals surface area contributed by atoms with Gasteiger partial charge in [-0.05, 0) is 30.2 Å². The average molecular weight is 285 g/mol. The van der Waals surface area contributed by atoms with Gasteiger partial charge in [0, 0.05) is 13.5 Å². The van der Waals surface area contributed by atoms with Crippen molar-refractivity contribution < 1.29 is 23.0 Å². The largest absolute Gasteiger partial charge is 0.435 e. The van der Waals surface area contributed by atoms with Crippen LogP contribution in [0.25, 0.3) is 0 Å². The molecule has 1 atom stereocenters. The highest BCUT2D eigenvalue weighted by Crippen LogP contribution is 2.29. The number of ether oxygens (including phenoxy) is 2. The second kappa shape index (κ2) is 6.17. The summed E-state index contributed by atoms with van der Waals surface area (Å²) < 4.78 is 34.1. The Balaban J connectivity index is 2.24. The van der Waals surface area contributed by atoms with Gasteiger partial charge in [0.2, 0.25) is 5.91 Å². The van der Waals surface area contributed by atoms with Gasteiger partial charge in [-0.3, -0.25) is 4.79 Å². The summed E-state index contributed by atoms with van der Waals surface area (Å²) >= 11 is 0. The van der Waals surface area contributed by atoms with Crippen LogP contribution in [0.15, 0.2) is 18.2 Å². The van der Waals surface area contributed by atoms with Crippen LogP contribution in [-0.4, -0.2) is 37.2 Å². The zero-order valence-electron chi connectivity index (χ0n) is 11.4. The minimum atomic E-state index is -2.84. The summed E-state index contributed by atoms with van der Waals surface area (Å²) in [5.74, 6) is 0.0953. The fraction of sp³-hybridized carbons (Fsp3) is 0.500. The van der Waals surface area contributed by atoms with Crippen LogP contribution in [0.4, 0.5) is 8.78 Å². The van der Waals surface area contributed by atoms with E-state index in [1.165, 1.54) is 13.0 Å². The number of aryl methyl sites for hydroxylation is 1. The van der Waals surface area contributed by atoms with Gasteiger partial charge in [-0.2, -0.15) is 8.78 Å². The second-order valence-electron chi connectivity index (χ2n) is 4.70. The maximum absolute atomic E-state index is 12.2. The van der Waals surface area contributed by atoms with E-state index >= 15 is 0 Å². The van der Waals surface area contributed by atoms with Crippen molar-refractivity contribution >= 4 is 5.91 Å². The Kier molecular flexibility index (Phi) is 4.54. The summed E-state index contributed by atoms with van der Waals surface area (Å²) in [6, 6.07) is 4.57. The molecule has 4 nitrogen and oxygen atoms in total. The molecule has 1 aliphatic heterocycles. The number of morpholine rings is 1. The SMILES string of the molecule is CC(=O)N1CCOC[C@@H]1c1ccc(OC(F)F)cc1C. The highest BCUT2D eigenvalue weighted by Gasteiger charge is 2.27. The van der Waals surface area contributed by atoms with Crippen LogP contribution in [-0.2, 0) is 9.53 Å². The van der Waals surface area contributed by atoms with Gasteiger partial charge in [0.15, 0.2) is 0 Å². The van der Waals surface area contributed by atoms with Gasteiger partial charge < -0.3 is 14.4 Å². The van der Waals surface area contributed by atoms with Gasteiger partial charge in [0.25, 0.3) is 0 Å². The topological polar surface area (TPSA) is 38.8 Å². The van der Waals surface area contributed by atoms with Gasteiger partial charge in [-0.25, -0.2) is 0 Å². The lowest BCUT2D eigenvalue weighted by Gasteiger charge is -2.36. The predicted octanol–water partition coefficient (Wildman–Crippen LogP) is 2.52. The number of amides is 1. The van der Waals surface area contributed by atoms with Crippen LogP contribution in [0.2, 0.25) is 0 Å². The Morgan fingerprint density at radius 1 is 1.50 bits per heavy atom. The minimum absolute atomic E-state index is 0.0226. The van der Waals surface area contributed by atoms with Crippen molar-refractivity contribution in [2.45, 2.75) is 26.5 Å². The molecule has 1 fully saturated rings. The number of halogens is 2. The standard InChI is InChI=1S/C14H17F2NO3/c1-9-7-11(20-14(15)16)3-4-12(9)13-8-19-6-5-17(13)10(2)18/h3-4,7,13-14H,5-6,8H2,1-2H3/t13-/m1/s1. The Morgan fingerprint density at radius 3 is 2.85 bits per heavy atom. The fourth-order valence-corrected chi connectivity index (χ4v) is 2.44. The molecule has 1 amide bonds. The molecule has 0 radical (unpaired) electrons. The first-order valence-corrected chi connectivity index (χ1v) is 6.39. The third-order valence-electron chi connectivity index (χ3n) is 3.36. The van der Waals surface area contributed by atoms with E-state index in [1.54, 1.807) is 24.0 Å². The molecule has 1 heterocycles. The summed E-state index contributed by atoms with van der Waals surface area (Å²) in [5.41, 5.74) is 1.69. The molecule has 1 aliphatic rings. The van der Waals surface area contributed by atoms with Gasteiger partial charge in [-0.15, -0.1) is 0 Å². The maximum Gasteiger partial charge on any atom is 0.387 e. The van der Waals surface area contributed by atoms with Crippen LogP contribution in [0, 0.1) is 6.92 Å². The molecule has 0 saturated carbocycles. The van der Waals surface area contributed by atoms with Gasteiger partial charge >= 0.3 is 6.61 Å². The first-order chi connectivity index (χ1) is 9.49. The van der Waals surface area contributed by atoms with Crippen molar-refractivity contribution in [3.05, 3.63) is 29.3 Å². The van der Waals surface area contributed by atoms with Crippen molar-refractivity contribution in [1.82, 2.24) is 4.90 Å². The quantitative estimate of drug-likeness (QED) is 0.856. The van der Waals surface area contributed by atoms with Crippen LogP contribution in [0.5, 0.6) is 5.75 Å². The smallest absolute Gasteiger partial charge is 0.387 e. The van der Waals surface area contributed by atoms with Gasteiger partial charge in [0.1, 0.15) is 5.75 Å². The summed E-state index contributed by atoms with van der Waals surface area (Å²) in [7, 11) is 0. The number of benzene rings is 1. The zero-order chi connectivity index (χ0) is 14.7. The van der Waals surface area contributed by atoms with E-state index in [-0.39, 0.29) is 17.7 Å². The molecule has 1 aromatic carbocycles. The van der Waals surface area contributed by atoms with Crippen LogP contribution in [0.1, 0.15) is 24.1 Å². The number of carbonyl (C=O) groups excluding carboxylic acids is 1. The summed E-state index contributed by atoms with van der Waals surface area (Å²) in [6.45, 7) is 1.95. The number of nitrogens with zero attached hydrogens (tertiary/aromatic N) is 1. The number of hydrogen-bond donors (Lipinski definition) is 0. The van der Waals surface area contributed by atoms with Gasteiger partial charge in [0.05, 0.1) is 19.3 Å². The lowest BCUT2D eigenvalue weighted by Crippen LogP contribution is -2.42. The van der Waals surface area contributed by atoms with Crippen molar-refractivity contribution in [1.29, 1.82) is 0 Å². The molecule has 0 bridgehead atoms. The fourth-order valence-electron chi connectivity index (χ4n) is 2.44. The molecular weight excluding hydrogens is 268 g/mol. The minimum Gasteiger partial charge on any atom is -0.435 e. The van der Waals surface area contributed by atoms with Gasteiger partial charge in [-0.1, -0.05) is 6.07 Å². The van der Waals surface area contributed by atoms with Crippen molar-refractivity contribution in [3.63, 3.8) is 0 Å². The monoisotopic (exact) mass is 285 g/mol. The predicted molar refractivity (Wildman–Crippen MR) is 68.8 cm³/mol. The lowest BCUT2D eigenvalue weighted by molar-refractivity contribution is -0.137. The third-order valence-corrected chi connectivity index (χ3v) is 3.36. The maximum atomic E-state index is 12.2. The Hall–Kier alpha value is -1.69. The molecular formula is C14H17F2NO3. The molecule has 0 N–H and O–H groups in total. The van der Waals surface area contributed by atoms with Crippen LogP contribution < -0.4 is 4.74 Å². The number of alkyl halides is 2. The molecule has 110 valence electrons. The molecule has 2 rings (SSSR count). The average Bonchev–Trinajstić information content (AvgIpc) is 2.38. The normalized spacial score (nSPS) is 19.2. The van der Waals surface area contributed by atoms with E-state index in [0.29, 0.717) is 19.8 Å². The summed E-state index contributed by atoms with van der Waals surface area (Å²) in [5, 5.41) is 0. The van der Waals surface area contributed by atoms with Crippen LogP contribution in [0.3, 0.4) is 0 Å². The Bertz CT molecular complexity index is 493. The summed E-state index contributed by atoms with van der Waals surface area (Å²) in [4.78, 5) is 13.4. The number of hydrogen-bond acceptors (Lipinski definition) is 3. The highest BCUT2D eigenvalue weighted by molar-refractivity contribution is 5.74. The van der Waals surface area contributed by atoms with E-state index < -0.39 is 6.61 Å².